The summed E-state index contributed by atoms with van der Waals surface area (Å²) >= 11 is 0. The highest BCUT2D eigenvalue weighted by Gasteiger charge is 2.04. The number of anilines is 1. The molecule has 0 radical (unpaired) electrons. The van der Waals surface area contributed by atoms with Crippen LogP contribution >= 0.6 is 0 Å². The van der Waals surface area contributed by atoms with Crippen LogP contribution in [0.1, 0.15) is 5.69 Å². The first-order chi connectivity index (χ1) is 10.3. The normalized spacial score (nSPS) is 10.8. The van der Waals surface area contributed by atoms with Crippen molar-refractivity contribution >= 4 is 16.6 Å². The molecule has 0 aliphatic rings. The largest absolute Gasteiger partial charge is 0.497 e. The van der Waals surface area contributed by atoms with E-state index in [9.17, 15) is 0 Å². The molecule has 0 fully saturated rings. The van der Waals surface area contributed by atoms with Crippen LogP contribution < -0.4 is 10.1 Å². The van der Waals surface area contributed by atoms with E-state index in [-0.39, 0.29) is 0 Å². The molecule has 0 saturated carbocycles. The molecule has 2 aromatic carbocycles. The number of benzene rings is 2. The van der Waals surface area contributed by atoms with Crippen molar-refractivity contribution in [3.05, 3.63) is 60.3 Å². The topological polar surface area (TPSA) is 26.2 Å². The number of aryl methyl sites for hydroxylation is 1. The smallest absolute Gasteiger partial charge is 0.119 e. The number of ether oxygens (including phenoxy) is 1. The molecule has 1 aromatic heterocycles. The second-order valence-corrected chi connectivity index (χ2v) is 5.16. The van der Waals surface area contributed by atoms with E-state index in [1.54, 1.807) is 7.11 Å². The third kappa shape index (κ3) is 2.87. The third-order valence-corrected chi connectivity index (χ3v) is 3.85. The van der Waals surface area contributed by atoms with Crippen molar-refractivity contribution in [1.29, 1.82) is 0 Å². The van der Waals surface area contributed by atoms with Crippen LogP contribution in [0.4, 0.5) is 5.69 Å². The number of para-hydroxylation sites is 1. The summed E-state index contributed by atoms with van der Waals surface area (Å²) in [6.45, 7) is 0.913. The maximum absolute atomic E-state index is 5.16. The minimum absolute atomic E-state index is 0.884. The van der Waals surface area contributed by atoms with E-state index in [0.717, 1.165) is 24.4 Å². The van der Waals surface area contributed by atoms with Gasteiger partial charge in [0.2, 0.25) is 0 Å². The maximum atomic E-state index is 5.16. The average molecular weight is 280 g/mol. The van der Waals surface area contributed by atoms with Crippen LogP contribution in [-0.4, -0.2) is 18.2 Å². The van der Waals surface area contributed by atoms with E-state index in [1.165, 1.54) is 16.6 Å². The first kappa shape index (κ1) is 13.6. The summed E-state index contributed by atoms with van der Waals surface area (Å²) in [5.74, 6) is 0.884. The van der Waals surface area contributed by atoms with E-state index >= 15 is 0 Å². The fourth-order valence-corrected chi connectivity index (χ4v) is 2.63. The Morgan fingerprint density at radius 1 is 1.05 bits per heavy atom. The van der Waals surface area contributed by atoms with Crippen LogP contribution in [0.3, 0.4) is 0 Å². The number of hydrogen-bond donors (Lipinski definition) is 1. The summed E-state index contributed by atoms with van der Waals surface area (Å²) in [6.07, 6.45) is 0.997. The van der Waals surface area contributed by atoms with Crippen molar-refractivity contribution in [1.82, 2.24) is 4.57 Å². The van der Waals surface area contributed by atoms with Crippen molar-refractivity contribution in [3.63, 3.8) is 0 Å². The van der Waals surface area contributed by atoms with Gasteiger partial charge < -0.3 is 14.6 Å². The molecule has 0 atom stereocenters. The van der Waals surface area contributed by atoms with Gasteiger partial charge in [0.15, 0.2) is 0 Å². The van der Waals surface area contributed by atoms with Crippen LogP contribution in [0.25, 0.3) is 10.9 Å². The molecule has 1 heterocycles. The Hall–Kier alpha value is -2.42. The highest BCUT2D eigenvalue weighted by molar-refractivity contribution is 5.81. The number of fused-ring (bicyclic) bond motifs is 1. The molecule has 108 valence electrons. The molecule has 0 saturated heterocycles. The Bertz CT molecular complexity index is 729. The number of hydrogen-bond acceptors (Lipinski definition) is 2. The molecule has 0 spiro atoms. The second kappa shape index (κ2) is 5.92. The molecule has 3 rings (SSSR count). The Balaban J connectivity index is 1.64. The van der Waals surface area contributed by atoms with Gasteiger partial charge in [0.05, 0.1) is 7.11 Å². The Labute approximate surface area is 125 Å². The quantitative estimate of drug-likeness (QED) is 0.768. The van der Waals surface area contributed by atoms with Crippen molar-refractivity contribution in [3.8, 4) is 5.75 Å². The van der Waals surface area contributed by atoms with E-state index in [0.29, 0.717) is 0 Å². The fourth-order valence-electron chi connectivity index (χ4n) is 2.63. The Kier molecular flexibility index (Phi) is 3.82. The zero-order valence-electron chi connectivity index (χ0n) is 12.5. The Morgan fingerprint density at radius 2 is 1.81 bits per heavy atom. The first-order valence-electron chi connectivity index (χ1n) is 7.19. The number of aromatic nitrogens is 1. The summed E-state index contributed by atoms with van der Waals surface area (Å²) in [5.41, 5.74) is 3.75. The van der Waals surface area contributed by atoms with E-state index in [4.69, 9.17) is 4.74 Å². The standard InChI is InChI=1S/C18H20N2O/c1-20-16(13-14-5-3-4-6-18(14)20)11-12-19-15-7-9-17(21-2)10-8-15/h3-10,13,19H,11-12H2,1-2H3. The summed E-state index contributed by atoms with van der Waals surface area (Å²) in [5, 5.41) is 4.75. The predicted molar refractivity (Wildman–Crippen MR) is 88.1 cm³/mol. The number of methoxy groups -OCH3 is 1. The highest BCUT2D eigenvalue weighted by Crippen LogP contribution is 2.19. The first-order valence-corrected chi connectivity index (χ1v) is 7.19. The van der Waals surface area contributed by atoms with Crippen molar-refractivity contribution in [2.24, 2.45) is 7.05 Å². The molecule has 0 aliphatic carbocycles. The van der Waals surface area contributed by atoms with Crippen LogP contribution in [-0.2, 0) is 13.5 Å². The van der Waals surface area contributed by atoms with Crippen LogP contribution in [0.5, 0.6) is 5.75 Å². The molecule has 0 bridgehead atoms. The lowest BCUT2D eigenvalue weighted by Crippen LogP contribution is -2.07. The summed E-state index contributed by atoms with van der Waals surface area (Å²) in [6, 6.07) is 18.8. The van der Waals surface area contributed by atoms with Crippen molar-refractivity contribution in [2.75, 3.05) is 19.0 Å². The average Bonchev–Trinajstić information content (AvgIpc) is 2.85. The van der Waals surface area contributed by atoms with Gasteiger partial charge in [-0.1, -0.05) is 18.2 Å². The van der Waals surface area contributed by atoms with Gasteiger partial charge in [0.1, 0.15) is 5.75 Å². The van der Waals surface area contributed by atoms with Gasteiger partial charge in [-0.05, 0) is 41.8 Å². The van der Waals surface area contributed by atoms with Crippen molar-refractivity contribution < 1.29 is 4.74 Å². The van der Waals surface area contributed by atoms with Gasteiger partial charge >= 0.3 is 0 Å². The van der Waals surface area contributed by atoms with Crippen LogP contribution in [0, 0.1) is 0 Å². The monoisotopic (exact) mass is 280 g/mol. The van der Waals surface area contributed by atoms with Gasteiger partial charge in [0.25, 0.3) is 0 Å². The molecule has 1 N–H and O–H groups in total. The zero-order chi connectivity index (χ0) is 14.7. The van der Waals surface area contributed by atoms with Gasteiger partial charge in [0, 0.05) is 36.9 Å². The predicted octanol–water partition coefficient (Wildman–Crippen LogP) is 3.84. The lowest BCUT2D eigenvalue weighted by atomic mass is 10.2. The molecule has 3 aromatic rings. The Morgan fingerprint density at radius 3 is 2.52 bits per heavy atom. The molecule has 3 nitrogen and oxygen atoms in total. The van der Waals surface area contributed by atoms with E-state index < -0.39 is 0 Å². The van der Waals surface area contributed by atoms with Crippen molar-refractivity contribution in [2.45, 2.75) is 6.42 Å². The van der Waals surface area contributed by atoms with Gasteiger partial charge in [-0.2, -0.15) is 0 Å². The molecule has 0 aliphatic heterocycles. The second-order valence-electron chi connectivity index (χ2n) is 5.16. The minimum Gasteiger partial charge on any atom is -0.497 e. The fraction of sp³-hybridized carbons (Fsp3) is 0.222. The lowest BCUT2D eigenvalue weighted by molar-refractivity contribution is 0.415. The summed E-state index contributed by atoms with van der Waals surface area (Å²) in [7, 11) is 3.81. The SMILES string of the molecule is COc1ccc(NCCc2cc3ccccc3n2C)cc1. The van der Waals surface area contributed by atoms with Crippen LogP contribution in [0.15, 0.2) is 54.6 Å². The molecule has 21 heavy (non-hydrogen) atoms. The molecule has 3 heteroatoms. The maximum Gasteiger partial charge on any atom is 0.119 e. The molecular formula is C18H20N2O. The summed E-state index contributed by atoms with van der Waals surface area (Å²) < 4.78 is 7.43. The minimum atomic E-state index is 0.884. The van der Waals surface area contributed by atoms with Gasteiger partial charge in [-0.25, -0.2) is 0 Å². The molecule has 0 amide bonds. The van der Waals surface area contributed by atoms with Gasteiger partial charge in [-0.3, -0.25) is 0 Å². The third-order valence-electron chi connectivity index (χ3n) is 3.85. The summed E-state index contributed by atoms with van der Waals surface area (Å²) in [4.78, 5) is 0. The van der Waals surface area contributed by atoms with Crippen LogP contribution in [0.2, 0.25) is 0 Å². The van der Waals surface area contributed by atoms with E-state index in [1.807, 2.05) is 24.3 Å². The highest BCUT2D eigenvalue weighted by atomic mass is 16.5. The lowest BCUT2D eigenvalue weighted by Gasteiger charge is -2.08. The number of rotatable bonds is 5. The molecule has 0 unspecified atom stereocenters. The number of nitrogens with zero attached hydrogens (tertiary/aromatic N) is 1. The molecular weight excluding hydrogens is 260 g/mol. The number of nitrogens with one attached hydrogen (secondary N) is 1. The van der Waals surface area contributed by atoms with E-state index in [2.05, 4.69) is 47.3 Å². The zero-order valence-corrected chi connectivity index (χ0v) is 12.5. The van der Waals surface area contributed by atoms with Gasteiger partial charge in [-0.15, -0.1) is 0 Å².